The highest BCUT2D eigenvalue weighted by Gasteiger charge is 2.14. The van der Waals surface area contributed by atoms with E-state index in [1.807, 2.05) is 44.2 Å². The molecule has 32 heavy (non-hydrogen) atoms. The van der Waals surface area contributed by atoms with E-state index in [-0.39, 0.29) is 0 Å². The van der Waals surface area contributed by atoms with Crippen LogP contribution in [0.2, 0.25) is 0 Å². The number of likely N-dealkylation sites (tertiary alicyclic amines) is 1. The quantitative estimate of drug-likeness (QED) is 0.442. The fraction of sp³-hybridized carbons (Fsp3) is 0.333. The van der Waals surface area contributed by atoms with Crippen molar-refractivity contribution in [2.24, 2.45) is 0 Å². The number of anilines is 3. The van der Waals surface area contributed by atoms with Gasteiger partial charge < -0.3 is 20.0 Å². The second-order valence-corrected chi connectivity index (χ2v) is 8.15. The van der Waals surface area contributed by atoms with E-state index < -0.39 is 0 Å². The normalized spacial score (nSPS) is 14.2. The summed E-state index contributed by atoms with van der Waals surface area (Å²) in [5.74, 6) is 3.21. The van der Waals surface area contributed by atoms with E-state index in [0.29, 0.717) is 11.5 Å². The Balaban J connectivity index is 1.40. The molecule has 0 aromatic carbocycles. The maximum atomic E-state index is 5.72. The van der Waals surface area contributed by atoms with E-state index in [1.54, 1.807) is 12.5 Å². The molecule has 0 unspecified atom stereocenters. The summed E-state index contributed by atoms with van der Waals surface area (Å²) in [4.78, 5) is 20.5. The van der Waals surface area contributed by atoms with E-state index >= 15 is 0 Å². The summed E-state index contributed by atoms with van der Waals surface area (Å²) in [6, 6.07) is 9.87. The zero-order chi connectivity index (χ0) is 21.9. The molecule has 0 saturated carbocycles. The van der Waals surface area contributed by atoms with E-state index in [0.717, 1.165) is 52.8 Å². The van der Waals surface area contributed by atoms with Gasteiger partial charge in [0.15, 0.2) is 5.65 Å². The molecule has 8 heteroatoms. The van der Waals surface area contributed by atoms with Gasteiger partial charge in [-0.2, -0.15) is 0 Å². The van der Waals surface area contributed by atoms with Crippen LogP contribution in [0.1, 0.15) is 24.4 Å². The second-order valence-electron chi connectivity index (χ2n) is 8.15. The molecule has 164 valence electrons. The van der Waals surface area contributed by atoms with Crippen LogP contribution in [-0.4, -0.2) is 51.0 Å². The number of fused-ring (bicyclic) bond motifs is 1. The number of hydrogen-bond donors (Lipinski definition) is 2. The number of furan rings is 1. The molecule has 0 amide bonds. The van der Waals surface area contributed by atoms with Crippen molar-refractivity contribution in [3.63, 3.8) is 0 Å². The Morgan fingerprint density at radius 3 is 2.69 bits per heavy atom. The van der Waals surface area contributed by atoms with Gasteiger partial charge in [0.25, 0.3) is 0 Å². The standard InChI is InChI=1S/C24H27N7O/c1-16-12-19(17(2)32-16)21-13-20(18-6-5-7-26-24(18)30-21)29-23-14-22(27-15-28-23)25-8-11-31-9-3-4-10-31/h5-7,12-15H,3-4,8-11H2,1-2H3,(H2,25,26,27,28,29,30). The number of pyridine rings is 2. The third-order valence-corrected chi connectivity index (χ3v) is 5.76. The van der Waals surface area contributed by atoms with Gasteiger partial charge in [-0.1, -0.05) is 0 Å². The van der Waals surface area contributed by atoms with Crippen LogP contribution in [0.3, 0.4) is 0 Å². The van der Waals surface area contributed by atoms with Crippen LogP contribution in [0, 0.1) is 13.8 Å². The summed E-state index contributed by atoms with van der Waals surface area (Å²) in [6.45, 7) is 8.17. The van der Waals surface area contributed by atoms with Gasteiger partial charge >= 0.3 is 0 Å². The van der Waals surface area contributed by atoms with Gasteiger partial charge in [-0.05, 0) is 64.0 Å². The molecule has 4 aromatic heterocycles. The molecule has 1 saturated heterocycles. The molecular formula is C24H27N7O. The Hall–Kier alpha value is -3.52. The fourth-order valence-electron chi connectivity index (χ4n) is 4.19. The predicted octanol–water partition coefficient (Wildman–Crippen LogP) is 4.55. The average Bonchev–Trinajstić information content (AvgIpc) is 3.43. The first kappa shape index (κ1) is 20.4. The topological polar surface area (TPSA) is 92.0 Å². The maximum absolute atomic E-state index is 5.72. The lowest BCUT2D eigenvalue weighted by atomic mass is 10.1. The molecule has 0 bridgehead atoms. The van der Waals surface area contributed by atoms with Gasteiger partial charge in [0, 0.05) is 36.3 Å². The van der Waals surface area contributed by atoms with Crippen molar-refractivity contribution in [3.8, 4) is 11.3 Å². The van der Waals surface area contributed by atoms with Gasteiger partial charge in [0.2, 0.25) is 0 Å². The SMILES string of the molecule is Cc1cc(-c2cc(Nc3cc(NCCN4CCCC4)ncn3)c3cccnc3n2)c(C)o1. The van der Waals surface area contributed by atoms with Crippen LogP contribution in [0.5, 0.6) is 0 Å². The Morgan fingerprint density at radius 2 is 1.88 bits per heavy atom. The number of rotatable bonds is 7. The summed E-state index contributed by atoms with van der Waals surface area (Å²) in [7, 11) is 0. The van der Waals surface area contributed by atoms with Crippen molar-refractivity contribution < 1.29 is 4.42 Å². The first-order valence-electron chi connectivity index (χ1n) is 11.0. The maximum Gasteiger partial charge on any atom is 0.161 e. The fourth-order valence-corrected chi connectivity index (χ4v) is 4.19. The first-order chi connectivity index (χ1) is 15.7. The zero-order valence-corrected chi connectivity index (χ0v) is 18.4. The monoisotopic (exact) mass is 429 g/mol. The lowest BCUT2D eigenvalue weighted by Gasteiger charge is -2.15. The minimum atomic E-state index is 0.670. The van der Waals surface area contributed by atoms with Gasteiger partial charge in [-0.25, -0.2) is 19.9 Å². The molecule has 8 nitrogen and oxygen atoms in total. The Kier molecular flexibility index (Phi) is 5.68. The van der Waals surface area contributed by atoms with Crippen LogP contribution in [0.25, 0.3) is 22.3 Å². The Morgan fingerprint density at radius 1 is 1.03 bits per heavy atom. The molecule has 0 spiro atoms. The van der Waals surface area contributed by atoms with Crippen LogP contribution in [-0.2, 0) is 0 Å². The van der Waals surface area contributed by atoms with Gasteiger partial charge in [-0.15, -0.1) is 0 Å². The molecule has 2 N–H and O–H groups in total. The lowest BCUT2D eigenvalue weighted by molar-refractivity contribution is 0.352. The van der Waals surface area contributed by atoms with Crippen LogP contribution >= 0.6 is 0 Å². The molecule has 5 heterocycles. The number of nitrogens with one attached hydrogen (secondary N) is 2. The molecule has 1 aliphatic heterocycles. The van der Waals surface area contributed by atoms with Crippen molar-refractivity contribution in [3.05, 3.63) is 54.4 Å². The third kappa shape index (κ3) is 4.40. The highest BCUT2D eigenvalue weighted by Crippen LogP contribution is 2.32. The molecule has 0 radical (unpaired) electrons. The zero-order valence-electron chi connectivity index (χ0n) is 18.4. The first-order valence-corrected chi connectivity index (χ1v) is 11.0. The van der Waals surface area contributed by atoms with Crippen molar-refractivity contribution in [2.75, 3.05) is 36.8 Å². The summed E-state index contributed by atoms with van der Waals surface area (Å²) >= 11 is 0. The van der Waals surface area contributed by atoms with Crippen LogP contribution < -0.4 is 10.6 Å². The number of aryl methyl sites for hydroxylation is 2. The van der Waals surface area contributed by atoms with E-state index in [2.05, 4.69) is 30.5 Å². The Labute approximate surface area is 187 Å². The smallest absolute Gasteiger partial charge is 0.161 e. The number of hydrogen-bond acceptors (Lipinski definition) is 8. The molecule has 0 atom stereocenters. The Bertz CT molecular complexity index is 1230. The second kappa shape index (κ2) is 8.92. The van der Waals surface area contributed by atoms with Crippen molar-refractivity contribution in [1.82, 2.24) is 24.8 Å². The highest BCUT2D eigenvalue weighted by molar-refractivity contribution is 5.93. The molecule has 5 rings (SSSR count). The van der Waals surface area contributed by atoms with Gasteiger partial charge in [-0.3, -0.25) is 0 Å². The minimum absolute atomic E-state index is 0.670. The van der Waals surface area contributed by atoms with Crippen molar-refractivity contribution in [2.45, 2.75) is 26.7 Å². The summed E-state index contributed by atoms with van der Waals surface area (Å²) < 4.78 is 5.72. The van der Waals surface area contributed by atoms with E-state index in [1.165, 1.54) is 25.9 Å². The number of aromatic nitrogens is 4. The summed E-state index contributed by atoms with van der Waals surface area (Å²) in [6.07, 6.45) is 5.93. The largest absolute Gasteiger partial charge is 0.466 e. The van der Waals surface area contributed by atoms with E-state index in [9.17, 15) is 0 Å². The van der Waals surface area contributed by atoms with Crippen molar-refractivity contribution >= 4 is 28.4 Å². The van der Waals surface area contributed by atoms with Crippen LogP contribution in [0.4, 0.5) is 17.3 Å². The molecule has 0 aliphatic carbocycles. The third-order valence-electron chi connectivity index (χ3n) is 5.76. The van der Waals surface area contributed by atoms with Crippen molar-refractivity contribution in [1.29, 1.82) is 0 Å². The van der Waals surface area contributed by atoms with Gasteiger partial charge in [0.05, 0.1) is 11.4 Å². The summed E-state index contributed by atoms with van der Waals surface area (Å²) in [5.41, 5.74) is 3.33. The average molecular weight is 430 g/mol. The van der Waals surface area contributed by atoms with Crippen LogP contribution in [0.15, 0.2) is 47.3 Å². The predicted molar refractivity (Wildman–Crippen MR) is 126 cm³/mol. The molecule has 4 aromatic rings. The van der Waals surface area contributed by atoms with E-state index in [4.69, 9.17) is 9.40 Å². The van der Waals surface area contributed by atoms with Gasteiger partial charge in [0.1, 0.15) is 29.5 Å². The highest BCUT2D eigenvalue weighted by atomic mass is 16.3. The molecule has 1 fully saturated rings. The minimum Gasteiger partial charge on any atom is -0.466 e. The number of nitrogens with zero attached hydrogens (tertiary/aromatic N) is 5. The molecule has 1 aliphatic rings. The molecular weight excluding hydrogens is 402 g/mol. The lowest BCUT2D eigenvalue weighted by Crippen LogP contribution is -2.26. The summed E-state index contributed by atoms with van der Waals surface area (Å²) in [5, 5.41) is 7.78.